The van der Waals surface area contributed by atoms with Crippen molar-refractivity contribution < 1.29 is 27.5 Å². The molecule has 0 radical (unpaired) electrons. The summed E-state index contributed by atoms with van der Waals surface area (Å²) in [6.07, 6.45) is 0. The first-order chi connectivity index (χ1) is 14.0. The molecule has 3 N–H and O–H groups in total. The average molecular weight is 459 g/mol. The van der Waals surface area contributed by atoms with Gasteiger partial charge in [-0.1, -0.05) is 11.6 Å². The molecule has 1 aromatic heterocycles. The van der Waals surface area contributed by atoms with E-state index in [1.807, 2.05) is 0 Å². The van der Waals surface area contributed by atoms with E-state index in [1.165, 1.54) is 57.5 Å². The van der Waals surface area contributed by atoms with Gasteiger partial charge in [0, 0.05) is 19.1 Å². The number of benzene rings is 1. The maximum atomic E-state index is 13.0. The van der Waals surface area contributed by atoms with Gasteiger partial charge in [-0.15, -0.1) is 0 Å². The van der Waals surface area contributed by atoms with E-state index in [4.69, 9.17) is 26.8 Å². The van der Waals surface area contributed by atoms with Crippen molar-refractivity contribution in [3.8, 4) is 11.8 Å². The first-order valence-electron chi connectivity index (χ1n) is 8.11. The third-order valence-corrected chi connectivity index (χ3v) is 5.09. The van der Waals surface area contributed by atoms with Crippen LogP contribution in [0.1, 0.15) is 10.4 Å². The number of halogens is 1. The molecule has 14 heteroatoms. The smallest absolute Gasteiger partial charge is 0.334 e. The van der Waals surface area contributed by atoms with E-state index in [-0.39, 0.29) is 28.0 Å². The van der Waals surface area contributed by atoms with Crippen LogP contribution in [0.3, 0.4) is 0 Å². The van der Waals surface area contributed by atoms with E-state index in [0.717, 1.165) is 0 Å². The molecule has 0 aliphatic carbocycles. The number of primary amides is 1. The monoisotopic (exact) mass is 458 g/mol. The third kappa shape index (κ3) is 4.99. The number of anilines is 2. The van der Waals surface area contributed by atoms with Gasteiger partial charge in [-0.05, 0) is 18.2 Å². The van der Waals surface area contributed by atoms with Crippen molar-refractivity contribution in [1.82, 2.24) is 19.6 Å². The molecule has 1 heterocycles. The van der Waals surface area contributed by atoms with E-state index in [0.29, 0.717) is 4.31 Å². The fourth-order valence-electron chi connectivity index (χ4n) is 2.30. The Morgan fingerprint density at radius 1 is 1.10 bits per heavy atom. The molecule has 30 heavy (non-hydrogen) atoms. The standard InChI is InChI=1S/C16H19ClN6O6S/c1-22(2)14(24)10-6-5-9(17)7-11(10)23(30(26,27)21-15(18)25)16-19-12(28-3)8-13(20-16)29-4/h5-8H,1-4H3,(H3,18,21,25). The lowest BCUT2D eigenvalue weighted by Crippen LogP contribution is -2.45. The molecule has 2 rings (SSSR count). The van der Waals surface area contributed by atoms with Crippen LogP contribution in [0.25, 0.3) is 0 Å². The van der Waals surface area contributed by atoms with Crippen LogP contribution in [0, 0.1) is 0 Å². The highest BCUT2D eigenvalue weighted by Crippen LogP contribution is 2.34. The van der Waals surface area contributed by atoms with Crippen LogP contribution in [-0.4, -0.2) is 63.5 Å². The highest BCUT2D eigenvalue weighted by atomic mass is 35.5. The van der Waals surface area contributed by atoms with Crippen LogP contribution < -0.4 is 24.2 Å². The van der Waals surface area contributed by atoms with Crippen LogP contribution in [0.15, 0.2) is 24.3 Å². The maximum absolute atomic E-state index is 13.0. The highest BCUT2D eigenvalue weighted by Gasteiger charge is 2.33. The van der Waals surface area contributed by atoms with E-state index >= 15 is 0 Å². The molecule has 0 unspecified atom stereocenters. The lowest BCUT2D eigenvalue weighted by atomic mass is 10.1. The van der Waals surface area contributed by atoms with Crippen LogP contribution in [0.4, 0.5) is 16.4 Å². The van der Waals surface area contributed by atoms with Crippen molar-refractivity contribution in [2.45, 2.75) is 0 Å². The number of methoxy groups -OCH3 is 2. The molecule has 0 atom stereocenters. The second-order valence-electron chi connectivity index (χ2n) is 5.85. The van der Waals surface area contributed by atoms with Crippen molar-refractivity contribution in [3.63, 3.8) is 0 Å². The lowest BCUT2D eigenvalue weighted by molar-refractivity contribution is 0.0828. The van der Waals surface area contributed by atoms with Crippen LogP contribution >= 0.6 is 11.6 Å². The molecule has 0 spiro atoms. The minimum absolute atomic E-state index is 0.0429. The Morgan fingerprint density at radius 3 is 2.13 bits per heavy atom. The van der Waals surface area contributed by atoms with Crippen molar-refractivity contribution in [2.75, 3.05) is 32.6 Å². The molecule has 2 aromatic rings. The first-order valence-corrected chi connectivity index (χ1v) is 9.92. The predicted octanol–water partition coefficient (Wildman–Crippen LogP) is 0.900. The van der Waals surface area contributed by atoms with Gasteiger partial charge >= 0.3 is 16.2 Å². The minimum atomic E-state index is -4.73. The Bertz CT molecular complexity index is 1060. The summed E-state index contributed by atoms with van der Waals surface area (Å²) in [7, 11) is 0.820. The van der Waals surface area contributed by atoms with Crippen molar-refractivity contribution >= 4 is 45.4 Å². The number of nitrogens with zero attached hydrogens (tertiary/aromatic N) is 4. The van der Waals surface area contributed by atoms with Crippen molar-refractivity contribution in [3.05, 3.63) is 34.9 Å². The molecule has 3 amide bonds. The Morgan fingerprint density at radius 2 is 1.67 bits per heavy atom. The summed E-state index contributed by atoms with van der Waals surface area (Å²) in [6, 6.07) is 3.87. The van der Waals surface area contributed by atoms with Gasteiger partial charge in [-0.2, -0.15) is 22.7 Å². The second-order valence-corrected chi connectivity index (χ2v) is 7.81. The average Bonchev–Trinajstić information content (AvgIpc) is 2.66. The van der Waals surface area contributed by atoms with E-state index in [1.54, 1.807) is 4.72 Å². The fourth-order valence-corrected chi connectivity index (χ4v) is 3.52. The predicted molar refractivity (Wildman–Crippen MR) is 108 cm³/mol. The Labute approximate surface area is 177 Å². The summed E-state index contributed by atoms with van der Waals surface area (Å²) in [6.45, 7) is 0. The van der Waals surface area contributed by atoms with Gasteiger partial charge in [0.2, 0.25) is 11.8 Å². The zero-order valence-corrected chi connectivity index (χ0v) is 18.0. The number of urea groups is 1. The van der Waals surface area contributed by atoms with Crippen molar-refractivity contribution in [2.24, 2.45) is 5.73 Å². The summed E-state index contributed by atoms with van der Waals surface area (Å²) in [4.78, 5) is 33.2. The molecular weight excluding hydrogens is 440 g/mol. The normalized spacial score (nSPS) is 10.8. The number of hydrogen-bond acceptors (Lipinski definition) is 8. The van der Waals surface area contributed by atoms with E-state index in [9.17, 15) is 18.0 Å². The Kier molecular flexibility index (Phi) is 6.89. The van der Waals surface area contributed by atoms with E-state index < -0.39 is 28.1 Å². The van der Waals surface area contributed by atoms with Crippen molar-refractivity contribution in [1.29, 1.82) is 0 Å². The second kappa shape index (κ2) is 9.00. The molecule has 162 valence electrons. The number of rotatable bonds is 7. The van der Waals surface area contributed by atoms with Crippen LogP contribution in [-0.2, 0) is 10.2 Å². The van der Waals surface area contributed by atoms with Crippen LogP contribution in [0.5, 0.6) is 11.8 Å². The third-order valence-electron chi connectivity index (χ3n) is 3.55. The first kappa shape index (κ1) is 23.0. The number of hydrogen-bond donors (Lipinski definition) is 2. The van der Waals surface area contributed by atoms with Gasteiger partial charge in [0.15, 0.2) is 0 Å². The molecule has 0 saturated carbocycles. The molecule has 0 saturated heterocycles. The number of ether oxygens (including phenoxy) is 2. The topological polar surface area (TPSA) is 157 Å². The van der Waals surface area contributed by atoms with Gasteiger partial charge in [-0.3, -0.25) is 4.79 Å². The minimum Gasteiger partial charge on any atom is -0.481 e. The van der Waals surface area contributed by atoms with Gasteiger partial charge in [0.1, 0.15) is 0 Å². The van der Waals surface area contributed by atoms with Gasteiger partial charge in [0.25, 0.3) is 11.9 Å². The molecule has 0 aliphatic rings. The highest BCUT2D eigenvalue weighted by molar-refractivity contribution is 7.91. The number of aromatic nitrogens is 2. The lowest BCUT2D eigenvalue weighted by Gasteiger charge is -2.25. The number of amides is 3. The Hall–Kier alpha value is -3.32. The number of nitrogens with two attached hydrogens (primary N) is 1. The molecule has 0 aliphatic heterocycles. The van der Waals surface area contributed by atoms with E-state index in [2.05, 4.69) is 9.97 Å². The summed E-state index contributed by atoms with van der Waals surface area (Å²) in [5.74, 6) is -1.12. The number of nitrogens with one attached hydrogen (secondary N) is 1. The summed E-state index contributed by atoms with van der Waals surface area (Å²) < 4.78 is 38.2. The largest absolute Gasteiger partial charge is 0.481 e. The SMILES string of the molecule is COc1cc(OC)nc(N(c2cc(Cl)ccc2C(=O)N(C)C)S(=O)(=O)NC(N)=O)n1. The maximum Gasteiger partial charge on any atom is 0.334 e. The van der Waals surface area contributed by atoms with Gasteiger partial charge < -0.3 is 20.1 Å². The number of carbonyl (C=O) groups is 2. The summed E-state index contributed by atoms with van der Waals surface area (Å²) >= 11 is 6.06. The molecule has 0 fully saturated rings. The van der Waals surface area contributed by atoms with Gasteiger partial charge in [0.05, 0.1) is 31.5 Å². The van der Waals surface area contributed by atoms with Crippen LogP contribution in [0.2, 0.25) is 5.02 Å². The molecule has 0 bridgehead atoms. The molecule has 12 nitrogen and oxygen atoms in total. The number of carbonyl (C=O) groups excluding carboxylic acids is 2. The fraction of sp³-hybridized carbons (Fsp3) is 0.250. The molecule has 1 aromatic carbocycles. The van der Waals surface area contributed by atoms with Gasteiger partial charge in [-0.25, -0.2) is 9.52 Å². The Balaban J connectivity index is 2.88. The summed E-state index contributed by atoms with van der Waals surface area (Å²) in [5.41, 5.74) is 4.72. The summed E-state index contributed by atoms with van der Waals surface area (Å²) in [5, 5.41) is 0.106. The quantitative estimate of drug-likeness (QED) is 0.619. The zero-order chi connectivity index (χ0) is 22.6. The zero-order valence-electron chi connectivity index (χ0n) is 16.4. The molecular formula is C16H19ClN6O6S.